The van der Waals surface area contributed by atoms with E-state index in [1.165, 1.54) is 0 Å². The van der Waals surface area contributed by atoms with Crippen LogP contribution in [0.5, 0.6) is 0 Å². The first-order valence-electron chi connectivity index (χ1n) is 6.16. The van der Waals surface area contributed by atoms with Crippen LogP contribution in [0, 0.1) is 0 Å². The van der Waals surface area contributed by atoms with E-state index < -0.39 is 0 Å². The molecule has 1 heterocycles. The predicted octanol–water partition coefficient (Wildman–Crippen LogP) is 3.55. The van der Waals surface area contributed by atoms with Crippen molar-refractivity contribution in [2.24, 2.45) is 0 Å². The summed E-state index contributed by atoms with van der Waals surface area (Å²) < 4.78 is 5.13. The van der Waals surface area contributed by atoms with E-state index in [4.69, 9.17) is 4.74 Å². The van der Waals surface area contributed by atoms with Crippen molar-refractivity contribution in [3.8, 4) is 0 Å². The first kappa shape index (κ1) is 12.4. The summed E-state index contributed by atoms with van der Waals surface area (Å²) in [6.07, 6.45) is 2.53. The number of hydrogen-bond donors (Lipinski definition) is 1. The minimum Gasteiger partial charge on any atom is -0.462 e. The Hall–Kier alpha value is -2.03. The quantitative estimate of drug-likeness (QED) is 0.834. The third-order valence-electron chi connectivity index (χ3n) is 3.00. The molecule has 0 radical (unpaired) electrons. The lowest BCUT2D eigenvalue weighted by Gasteiger charge is -2.04. The van der Waals surface area contributed by atoms with Gasteiger partial charge < -0.3 is 9.72 Å². The standard InChI is InChI=1S/C15H17NO2/c1-4-10-8-7-9-12-13(10)14(11(5-2)16-12)15(17)18-6-3/h5,7-9,16H,2,4,6H2,1,3H3. The number of nitrogens with one attached hydrogen (secondary N) is 1. The molecule has 0 amide bonds. The van der Waals surface area contributed by atoms with Crippen molar-refractivity contribution in [3.63, 3.8) is 0 Å². The second-order valence-corrected chi connectivity index (χ2v) is 4.03. The molecule has 0 bridgehead atoms. The molecule has 2 rings (SSSR count). The van der Waals surface area contributed by atoms with Gasteiger partial charge in [0.15, 0.2) is 0 Å². The first-order chi connectivity index (χ1) is 8.72. The summed E-state index contributed by atoms with van der Waals surface area (Å²) >= 11 is 0. The van der Waals surface area contributed by atoms with Gasteiger partial charge in [-0.3, -0.25) is 0 Å². The Balaban J connectivity index is 2.74. The maximum absolute atomic E-state index is 12.1. The number of carbonyl (C=O) groups is 1. The SMILES string of the molecule is C=Cc1[nH]c2cccc(CC)c2c1C(=O)OCC. The van der Waals surface area contributed by atoms with Gasteiger partial charge in [-0.25, -0.2) is 4.79 Å². The largest absolute Gasteiger partial charge is 0.462 e. The molecule has 0 saturated heterocycles. The maximum atomic E-state index is 12.1. The predicted molar refractivity (Wildman–Crippen MR) is 73.7 cm³/mol. The van der Waals surface area contributed by atoms with Crippen LogP contribution in [0.25, 0.3) is 17.0 Å². The Bertz CT molecular complexity index is 596. The van der Waals surface area contributed by atoms with Gasteiger partial charge in [-0.2, -0.15) is 0 Å². The second-order valence-electron chi connectivity index (χ2n) is 4.03. The fraction of sp³-hybridized carbons (Fsp3) is 0.267. The van der Waals surface area contributed by atoms with Gasteiger partial charge in [0, 0.05) is 10.9 Å². The molecule has 0 unspecified atom stereocenters. The minimum absolute atomic E-state index is 0.292. The van der Waals surface area contributed by atoms with E-state index in [1.807, 2.05) is 18.2 Å². The van der Waals surface area contributed by atoms with Crippen LogP contribution in [0.15, 0.2) is 24.8 Å². The number of benzene rings is 1. The molecule has 0 saturated carbocycles. The topological polar surface area (TPSA) is 42.1 Å². The Morgan fingerprint density at radius 1 is 1.44 bits per heavy atom. The number of hydrogen-bond acceptors (Lipinski definition) is 2. The minimum atomic E-state index is -0.292. The van der Waals surface area contributed by atoms with Gasteiger partial charge >= 0.3 is 5.97 Å². The Kier molecular flexibility index (Phi) is 3.51. The summed E-state index contributed by atoms with van der Waals surface area (Å²) in [5.41, 5.74) is 3.41. The monoisotopic (exact) mass is 243 g/mol. The van der Waals surface area contributed by atoms with E-state index >= 15 is 0 Å². The third-order valence-corrected chi connectivity index (χ3v) is 3.00. The Morgan fingerprint density at radius 2 is 2.22 bits per heavy atom. The van der Waals surface area contributed by atoms with Gasteiger partial charge in [-0.1, -0.05) is 25.6 Å². The van der Waals surface area contributed by atoms with E-state index in [-0.39, 0.29) is 5.97 Å². The third kappa shape index (κ3) is 1.92. The van der Waals surface area contributed by atoms with Gasteiger partial charge in [0.05, 0.1) is 17.9 Å². The van der Waals surface area contributed by atoms with E-state index in [0.29, 0.717) is 12.2 Å². The van der Waals surface area contributed by atoms with Crippen molar-refractivity contribution in [1.29, 1.82) is 0 Å². The van der Waals surface area contributed by atoms with Gasteiger partial charge in [-0.05, 0) is 31.1 Å². The molecule has 0 aliphatic rings. The molecule has 94 valence electrons. The fourth-order valence-electron chi connectivity index (χ4n) is 2.20. The lowest BCUT2D eigenvalue weighted by Crippen LogP contribution is -2.06. The second kappa shape index (κ2) is 5.08. The Morgan fingerprint density at radius 3 is 2.83 bits per heavy atom. The molecule has 2 aromatic rings. The highest BCUT2D eigenvalue weighted by atomic mass is 16.5. The average molecular weight is 243 g/mol. The molecule has 3 nitrogen and oxygen atoms in total. The van der Waals surface area contributed by atoms with Crippen LogP contribution in [0.3, 0.4) is 0 Å². The summed E-state index contributed by atoms with van der Waals surface area (Å²) in [4.78, 5) is 15.3. The molecule has 18 heavy (non-hydrogen) atoms. The molecule has 1 aromatic carbocycles. The normalized spacial score (nSPS) is 10.6. The van der Waals surface area contributed by atoms with Crippen LogP contribution in [-0.4, -0.2) is 17.6 Å². The number of aromatic amines is 1. The highest BCUT2D eigenvalue weighted by Crippen LogP contribution is 2.27. The highest BCUT2D eigenvalue weighted by Gasteiger charge is 2.19. The number of carbonyl (C=O) groups excluding carboxylic acids is 1. The first-order valence-corrected chi connectivity index (χ1v) is 6.16. The lowest BCUT2D eigenvalue weighted by atomic mass is 10.0. The molecule has 3 heteroatoms. The zero-order chi connectivity index (χ0) is 13.1. The molecule has 1 N–H and O–H groups in total. The average Bonchev–Trinajstić information content (AvgIpc) is 2.77. The number of rotatable bonds is 4. The molecular weight excluding hydrogens is 226 g/mol. The van der Waals surface area contributed by atoms with Crippen molar-refractivity contribution in [1.82, 2.24) is 4.98 Å². The highest BCUT2D eigenvalue weighted by molar-refractivity contribution is 6.08. The van der Waals surface area contributed by atoms with Crippen molar-refractivity contribution >= 4 is 22.9 Å². The van der Waals surface area contributed by atoms with E-state index in [1.54, 1.807) is 13.0 Å². The smallest absolute Gasteiger partial charge is 0.340 e. The number of esters is 1. The van der Waals surface area contributed by atoms with Gasteiger partial charge in [0.1, 0.15) is 0 Å². The van der Waals surface area contributed by atoms with Crippen molar-refractivity contribution in [2.45, 2.75) is 20.3 Å². The Labute approximate surface area is 106 Å². The van der Waals surface area contributed by atoms with Gasteiger partial charge in [0.2, 0.25) is 0 Å². The molecule has 0 fully saturated rings. The van der Waals surface area contributed by atoms with Crippen molar-refractivity contribution in [2.75, 3.05) is 6.61 Å². The zero-order valence-electron chi connectivity index (χ0n) is 10.7. The van der Waals surface area contributed by atoms with Gasteiger partial charge in [-0.15, -0.1) is 0 Å². The summed E-state index contributed by atoms with van der Waals surface area (Å²) in [7, 11) is 0. The molecule has 0 aliphatic heterocycles. The molecular formula is C15H17NO2. The van der Waals surface area contributed by atoms with Crippen molar-refractivity contribution < 1.29 is 9.53 Å². The van der Waals surface area contributed by atoms with Crippen LogP contribution in [0.4, 0.5) is 0 Å². The van der Waals surface area contributed by atoms with Gasteiger partial charge in [0.25, 0.3) is 0 Å². The summed E-state index contributed by atoms with van der Waals surface area (Å²) in [5, 5.41) is 0.952. The summed E-state index contributed by atoms with van der Waals surface area (Å²) in [6, 6.07) is 5.98. The summed E-state index contributed by atoms with van der Waals surface area (Å²) in [5.74, 6) is -0.292. The number of ether oxygens (including phenoxy) is 1. The number of aromatic nitrogens is 1. The number of aryl methyl sites for hydroxylation is 1. The van der Waals surface area contributed by atoms with Crippen molar-refractivity contribution in [3.05, 3.63) is 41.6 Å². The van der Waals surface area contributed by atoms with Crippen LogP contribution in [0.2, 0.25) is 0 Å². The molecule has 0 atom stereocenters. The van der Waals surface area contributed by atoms with Crippen LogP contribution < -0.4 is 0 Å². The van der Waals surface area contributed by atoms with E-state index in [0.717, 1.165) is 28.6 Å². The van der Waals surface area contributed by atoms with E-state index in [9.17, 15) is 4.79 Å². The van der Waals surface area contributed by atoms with Crippen LogP contribution in [0.1, 0.15) is 35.5 Å². The fourth-order valence-corrected chi connectivity index (χ4v) is 2.20. The maximum Gasteiger partial charge on any atom is 0.340 e. The lowest BCUT2D eigenvalue weighted by molar-refractivity contribution is 0.0528. The zero-order valence-corrected chi connectivity index (χ0v) is 10.7. The number of H-pyrrole nitrogens is 1. The van der Waals surface area contributed by atoms with Crippen LogP contribution >= 0.6 is 0 Å². The molecule has 0 spiro atoms. The number of fused-ring (bicyclic) bond motifs is 1. The van der Waals surface area contributed by atoms with E-state index in [2.05, 4.69) is 18.5 Å². The summed E-state index contributed by atoms with van der Waals surface area (Å²) in [6.45, 7) is 8.00. The molecule has 0 aliphatic carbocycles. The molecule has 1 aromatic heterocycles. The van der Waals surface area contributed by atoms with Crippen LogP contribution in [-0.2, 0) is 11.2 Å².